The molecule has 3 rings (SSSR count). The van der Waals surface area contributed by atoms with Crippen LogP contribution in [0.5, 0.6) is 5.75 Å². The maximum atomic E-state index is 6.18. The van der Waals surface area contributed by atoms with Gasteiger partial charge in [-0.2, -0.15) is 0 Å². The first-order chi connectivity index (χ1) is 9.70. The standard InChI is InChI=1S/C15H18ClN3O/c1-10-5-13(15(20-2)6-12(10)16)19-9-18-8-14(19)11-3-4-17-7-11/h5-6,8-9,11,17H,3-4,7H2,1-2H3. The maximum Gasteiger partial charge on any atom is 0.144 e. The van der Waals surface area contributed by atoms with Crippen LogP contribution in [0.25, 0.3) is 5.69 Å². The molecule has 1 saturated heterocycles. The van der Waals surface area contributed by atoms with Gasteiger partial charge in [0.2, 0.25) is 0 Å². The fourth-order valence-electron chi connectivity index (χ4n) is 2.72. The largest absolute Gasteiger partial charge is 0.495 e. The average Bonchev–Trinajstić information content (AvgIpc) is 3.10. The molecule has 0 amide bonds. The monoisotopic (exact) mass is 291 g/mol. The Hall–Kier alpha value is -1.52. The summed E-state index contributed by atoms with van der Waals surface area (Å²) in [6, 6.07) is 3.91. The summed E-state index contributed by atoms with van der Waals surface area (Å²) in [5, 5.41) is 4.11. The van der Waals surface area contributed by atoms with Gasteiger partial charge in [0.15, 0.2) is 0 Å². The third kappa shape index (κ3) is 2.30. The minimum absolute atomic E-state index is 0.498. The van der Waals surface area contributed by atoms with Gasteiger partial charge in [-0.15, -0.1) is 0 Å². The van der Waals surface area contributed by atoms with Crippen molar-refractivity contribution in [2.24, 2.45) is 0 Å². The van der Waals surface area contributed by atoms with Gasteiger partial charge < -0.3 is 10.1 Å². The van der Waals surface area contributed by atoms with Gasteiger partial charge in [0.1, 0.15) is 5.75 Å². The van der Waals surface area contributed by atoms with Crippen molar-refractivity contribution >= 4 is 11.6 Å². The van der Waals surface area contributed by atoms with Crippen LogP contribution in [-0.4, -0.2) is 29.8 Å². The van der Waals surface area contributed by atoms with Gasteiger partial charge in [-0.05, 0) is 31.5 Å². The molecule has 1 aromatic carbocycles. The lowest BCUT2D eigenvalue weighted by atomic mass is 10.1. The number of hydrogen-bond acceptors (Lipinski definition) is 3. The van der Waals surface area contributed by atoms with Crippen LogP contribution in [0.3, 0.4) is 0 Å². The minimum Gasteiger partial charge on any atom is -0.495 e. The summed E-state index contributed by atoms with van der Waals surface area (Å²) >= 11 is 6.18. The molecule has 1 unspecified atom stereocenters. The van der Waals surface area contributed by atoms with E-state index in [0.29, 0.717) is 5.92 Å². The lowest BCUT2D eigenvalue weighted by Gasteiger charge is -2.16. The second-order valence-electron chi connectivity index (χ2n) is 5.15. The number of halogens is 1. The number of hydrogen-bond donors (Lipinski definition) is 1. The summed E-state index contributed by atoms with van der Waals surface area (Å²) in [5.74, 6) is 1.27. The van der Waals surface area contributed by atoms with Crippen molar-refractivity contribution in [3.05, 3.63) is 40.9 Å². The molecule has 0 bridgehead atoms. The molecule has 0 saturated carbocycles. The Labute approximate surface area is 123 Å². The van der Waals surface area contributed by atoms with Gasteiger partial charge in [0, 0.05) is 35.4 Å². The molecule has 4 nitrogen and oxygen atoms in total. The first-order valence-electron chi connectivity index (χ1n) is 6.78. The highest BCUT2D eigenvalue weighted by Gasteiger charge is 2.22. The highest BCUT2D eigenvalue weighted by molar-refractivity contribution is 6.31. The number of ether oxygens (including phenoxy) is 1. The molecule has 0 spiro atoms. The van der Waals surface area contributed by atoms with E-state index in [1.165, 1.54) is 5.69 Å². The first-order valence-corrected chi connectivity index (χ1v) is 7.16. The van der Waals surface area contributed by atoms with Crippen molar-refractivity contribution in [3.8, 4) is 11.4 Å². The molecule has 5 heteroatoms. The Morgan fingerprint density at radius 2 is 2.30 bits per heavy atom. The quantitative estimate of drug-likeness (QED) is 0.945. The summed E-state index contributed by atoms with van der Waals surface area (Å²) in [6.07, 6.45) is 4.93. The van der Waals surface area contributed by atoms with E-state index >= 15 is 0 Å². The van der Waals surface area contributed by atoms with Crippen molar-refractivity contribution in [1.29, 1.82) is 0 Å². The second kappa shape index (κ2) is 5.46. The summed E-state index contributed by atoms with van der Waals surface area (Å²) in [4.78, 5) is 4.32. The Kier molecular flexibility index (Phi) is 3.68. The van der Waals surface area contributed by atoms with E-state index in [2.05, 4.69) is 20.9 Å². The Morgan fingerprint density at radius 1 is 1.45 bits per heavy atom. The lowest BCUT2D eigenvalue weighted by molar-refractivity contribution is 0.412. The summed E-state index contributed by atoms with van der Waals surface area (Å²) in [6.45, 7) is 4.06. The summed E-state index contributed by atoms with van der Waals surface area (Å²) in [5.41, 5.74) is 3.25. The molecular weight excluding hydrogens is 274 g/mol. The van der Waals surface area contributed by atoms with Crippen molar-refractivity contribution in [1.82, 2.24) is 14.9 Å². The zero-order chi connectivity index (χ0) is 14.1. The van der Waals surface area contributed by atoms with Gasteiger partial charge in [-0.3, -0.25) is 4.57 Å². The smallest absolute Gasteiger partial charge is 0.144 e. The zero-order valence-corrected chi connectivity index (χ0v) is 12.4. The van der Waals surface area contributed by atoms with Crippen LogP contribution < -0.4 is 10.1 Å². The fraction of sp³-hybridized carbons (Fsp3) is 0.400. The highest BCUT2D eigenvalue weighted by atomic mass is 35.5. The molecule has 1 aliphatic rings. The molecule has 1 N–H and O–H groups in total. The van der Waals surface area contributed by atoms with Crippen molar-refractivity contribution in [2.75, 3.05) is 20.2 Å². The fourth-order valence-corrected chi connectivity index (χ4v) is 2.87. The molecule has 2 heterocycles. The van der Waals surface area contributed by atoms with E-state index in [4.69, 9.17) is 16.3 Å². The van der Waals surface area contributed by atoms with Crippen LogP contribution in [-0.2, 0) is 0 Å². The van der Waals surface area contributed by atoms with Gasteiger partial charge in [0.25, 0.3) is 0 Å². The van der Waals surface area contributed by atoms with Crippen LogP contribution >= 0.6 is 11.6 Å². The predicted molar refractivity (Wildman–Crippen MR) is 80.1 cm³/mol. The predicted octanol–water partition coefficient (Wildman–Crippen LogP) is 2.92. The van der Waals surface area contributed by atoms with E-state index in [1.54, 1.807) is 7.11 Å². The number of benzene rings is 1. The van der Waals surface area contributed by atoms with E-state index in [9.17, 15) is 0 Å². The summed E-state index contributed by atoms with van der Waals surface area (Å²) in [7, 11) is 1.66. The number of methoxy groups -OCH3 is 1. The topological polar surface area (TPSA) is 39.1 Å². The number of nitrogens with zero attached hydrogens (tertiary/aromatic N) is 2. The number of nitrogens with one attached hydrogen (secondary N) is 1. The Bertz CT molecular complexity index is 618. The second-order valence-corrected chi connectivity index (χ2v) is 5.56. The molecule has 20 heavy (non-hydrogen) atoms. The molecule has 0 aliphatic carbocycles. The SMILES string of the molecule is COc1cc(Cl)c(C)cc1-n1cncc1C1CCNC1. The van der Waals surface area contributed by atoms with Gasteiger partial charge in [-0.25, -0.2) is 4.98 Å². The van der Waals surface area contributed by atoms with Crippen molar-refractivity contribution in [2.45, 2.75) is 19.3 Å². The molecule has 0 radical (unpaired) electrons. The lowest BCUT2D eigenvalue weighted by Crippen LogP contribution is -2.11. The third-order valence-corrected chi connectivity index (χ3v) is 4.27. The Morgan fingerprint density at radius 3 is 3.00 bits per heavy atom. The number of aromatic nitrogens is 2. The summed E-state index contributed by atoms with van der Waals surface area (Å²) < 4.78 is 7.58. The highest BCUT2D eigenvalue weighted by Crippen LogP contribution is 2.32. The van der Waals surface area contributed by atoms with E-state index in [0.717, 1.165) is 41.5 Å². The van der Waals surface area contributed by atoms with E-state index < -0.39 is 0 Å². The van der Waals surface area contributed by atoms with Gasteiger partial charge >= 0.3 is 0 Å². The van der Waals surface area contributed by atoms with Gasteiger partial charge in [-0.1, -0.05) is 11.6 Å². The zero-order valence-electron chi connectivity index (χ0n) is 11.7. The molecule has 1 atom stereocenters. The normalized spacial score (nSPS) is 18.4. The third-order valence-electron chi connectivity index (χ3n) is 3.87. The van der Waals surface area contributed by atoms with E-state index in [1.807, 2.05) is 25.5 Å². The van der Waals surface area contributed by atoms with Crippen molar-refractivity contribution in [3.63, 3.8) is 0 Å². The molecule has 1 aliphatic heterocycles. The van der Waals surface area contributed by atoms with Crippen LogP contribution in [0.4, 0.5) is 0 Å². The van der Waals surface area contributed by atoms with Crippen LogP contribution in [0.15, 0.2) is 24.7 Å². The van der Waals surface area contributed by atoms with Gasteiger partial charge in [0.05, 0.1) is 19.1 Å². The average molecular weight is 292 g/mol. The van der Waals surface area contributed by atoms with Crippen LogP contribution in [0.2, 0.25) is 5.02 Å². The van der Waals surface area contributed by atoms with Crippen LogP contribution in [0, 0.1) is 6.92 Å². The number of rotatable bonds is 3. The maximum absolute atomic E-state index is 6.18. The van der Waals surface area contributed by atoms with Crippen LogP contribution in [0.1, 0.15) is 23.6 Å². The Balaban J connectivity index is 2.09. The molecule has 1 aromatic heterocycles. The van der Waals surface area contributed by atoms with Crippen molar-refractivity contribution < 1.29 is 4.74 Å². The number of aryl methyl sites for hydroxylation is 1. The first kappa shape index (κ1) is 13.5. The van der Waals surface area contributed by atoms with E-state index in [-0.39, 0.29) is 0 Å². The number of imidazole rings is 1. The molecule has 1 fully saturated rings. The minimum atomic E-state index is 0.498. The molecule has 2 aromatic rings. The molecular formula is C15H18ClN3O. The molecule has 106 valence electrons.